The maximum Gasteiger partial charge on any atom is 0.112 e. The highest BCUT2D eigenvalue weighted by Gasteiger charge is 2.28. The van der Waals surface area contributed by atoms with Gasteiger partial charge in [-0.3, -0.25) is 0 Å². The van der Waals surface area contributed by atoms with Crippen molar-refractivity contribution in [2.45, 2.75) is 18.3 Å². The Bertz CT molecular complexity index is 728. The second-order valence-corrected chi connectivity index (χ2v) is 5.79. The van der Waals surface area contributed by atoms with Gasteiger partial charge in [-0.2, -0.15) is 0 Å². The molecular formula is C22H22O3. The van der Waals surface area contributed by atoms with E-state index in [4.69, 9.17) is 14.2 Å². The average molecular weight is 334 g/mol. The van der Waals surface area contributed by atoms with Crippen LogP contribution in [0.15, 0.2) is 72.8 Å². The molecule has 1 aliphatic rings. The van der Waals surface area contributed by atoms with Crippen molar-refractivity contribution in [1.82, 2.24) is 0 Å². The summed E-state index contributed by atoms with van der Waals surface area (Å²) in [6.45, 7) is 0.827. The lowest BCUT2D eigenvalue weighted by Gasteiger charge is -2.31. The van der Waals surface area contributed by atoms with E-state index in [-0.39, 0.29) is 18.3 Å². The number of ether oxygens (including phenoxy) is 3. The highest BCUT2D eigenvalue weighted by atomic mass is 16.6. The molecule has 1 heterocycles. The fourth-order valence-electron chi connectivity index (χ4n) is 2.74. The van der Waals surface area contributed by atoms with E-state index in [1.807, 2.05) is 54.6 Å². The van der Waals surface area contributed by atoms with E-state index in [1.165, 1.54) is 0 Å². The van der Waals surface area contributed by atoms with Gasteiger partial charge in [-0.25, -0.2) is 0 Å². The largest absolute Gasteiger partial charge is 0.382 e. The quantitative estimate of drug-likeness (QED) is 0.615. The highest BCUT2D eigenvalue weighted by Crippen LogP contribution is 2.27. The molecule has 0 unspecified atom stereocenters. The monoisotopic (exact) mass is 334 g/mol. The zero-order valence-electron chi connectivity index (χ0n) is 14.3. The van der Waals surface area contributed by atoms with Crippen LogP contribution in [0.4, 0.5) is 0 Å². The first-order valence-corrected chi connectivity index (χ1v) is 8.40. The lowest BCUT2D eigenvalue weighted by atomic mass is 10.0. The van der Waals surface area contributed by atoms with Crippen LogP contribution in [-0.4, -0.2) is 32.5 Å². The molecule has 3 heteroatoms. The average Bonchev–Trinajstić information content (AvgIpc) is 2.68. The number of hydrogen-bond donors (Lipinski definition) is 0. The Hall–Kier alpha value is -2.38. The third-order valence-corrected chi connectivity index (χ3v) is 3.98. The minimum absolute atomic E-state index is 0.0726. The molecule has 3 rings (SSSR count). The smallest absolute Gasteiger partial charge is 0.112 e. The first kappa shape index (κ1) is 17.4. The summed E-state index contributed by atoms with van der Waals surface area (Å²) in [4.78, 5) is 0. The van der Waals surface area contributed by atoms with Gasteiger partial charge in [0.05, 0.1) is 6.61 Å². The van der Waals surface area contributed by atoms with Gasteiger partial charge in [0.15, 0.2) is 0 Å². The maximum atomic E-state index is 6.16. The summed E-state index contributed by atoms with van der Waals surface area (Å²) in [5.41, 5.74) is 2.11. The van der Waals surface area contributed by atoms with Crippen molar-refractivity contribution < 1.29 is 14.2 Å². The fraction of sp³-hybridized carbons (Fsp3) is 0.273. The van der Waals surface area contributed by atoms with Gasteiger partial charge < -0.3 is 14.2 Å². The lowest BCUT2D eigenvalue weighted by Crippen LogP contribution is -2.37. The van der Waals surface area contributed by atoms with Crippen LogP contribution in [0, 0.1) is 11.8 Å². The van der Waals surface area contributed by atoms with Gasteiger partial charge in [-0.1, -0.05) is 72.5 Å². The van der Waals surface area contributed by atoms with Gasteiger partial charge in [-0.05, 0) is 17.7 Å². The lowest BCUT2D eigenvalue weighted by molar-refractivity contribution is -0.103. The molecule has 2 aromatic rings. The molecule has 3 nitrogen and oxygen atoms in total. The molecule has 0 spiro atoms. The third kappa shape index (κ3) is 5.04. The van der Waals surface area contributed by atoms with Crippen molar-refractivity contribution in [2.75, 3.05) is 20.3 Å². The van der Waals surface area contributed by atoms with E-state index in [0.717, 1.165) is 11.1 Å². The highest BCUT2D eigenvalue weighted by molar-refractivity contribution is 5.33. The van der Waals surface area contributed by atoms with Crippen LogP contribution >= 0.6 is 0 Å². The third-order valence-electron chi connectivity index (χ3n) is 3.98. The Labute approximate surface area is 149 Å². The number of rotatable bonds is 5. The molecule has 0 fully saturated rings. The molecule has 128 valence electrons. The van der Waals surface area contributed by atoms with Gasteiger partial charge in [0.1, 0.15) is 24.9 Å². The molecule has 0 aromatic heterocycles. The van der Waals surface area contributed by atoms with Crippen molar-refractivity contribution in [3.05, 3.63) is 83.9 Å². The van der Waals surface area contributed by atoms with Crippen LogP contribution in [0.1, 0.15) is 17.2 Å². The Balaban J connectivity index is 1.61. The van der Waals surface area contributed by atoms with Gasteiger partial charge in [0.2, 0.25) is 0 Å². The van der Waals surface area contributed by atoms with E-state index in [2.05, 4.69) is 30.0 Å². The van der Waals surface area contributed by atoms with Gasteiger partial charge in [-0.15, -0.1) is 0 Å². The van der Waals surface area contributed by atoms with Crippen molar-refractivity contribution in [2.24, 2.45) is 0 Å². The first-order chi connectivity index (χ1) is 12.4. The van der Waals surface area contributed by atoms with E-state index < -0.39 is 0 Å². The summed E-state index contributed by atoms with van der Waals surface area (Å²) in [5, 5.41) is 0. The molecule has 0 saturated heterocycles. The normalized spacial score (nSPS) is 22.2. The van der Waals surface area contributed by atoms with E-state index in [9.17, 15) is 0 Å². The van der Waals surface area contributed by atoms with Crippen molar-refractivity contribution >= 4 is 0 Å². The summed E-state index contributed by atoms with van der Waals surface area (Å²) in [6, 6.07) is 20.0. The van der Waals surface area contributed by atoms with Crippen molar-refractivity contribution in [3.63, 3.8) is 0 Å². The second kappa shape index (κ2) is 9.19. The summed E-state index contributed by atoms with van der Waals surface area (Å²) >= 11 is 0. The summed E-state index contributed by atoms with van der Waals surface area (Å²) in [7, 11) is 1.67. The summed E-state index contributed by atoms with van der Waals surface area (Å²) in [5.74, 6) is 6.15. The van der Waals surface area contributed by atoms with E-state index in [0.29, 0.717) is 13.2 Å². The van der Waals surface area contributed by atoms with Gasteiger partial charge in [0.25, 0.3) is 0 Å². The second-order valence-electron chi connectivity index (χ2n) is 5.79. The summed E-state index contributed by atoms with van der Waals surface area (Å²) < 4.78 is 17.3. The fourth-order valence-corrected chi connectivity index (χ4v) is 2.74. The van der Waals surface area contributed by atoms with Gasteiger partial charge in [0, 0.05) is 12.7 Å². The summed E-state index contributed by atoms with van der Waals surface area (Å²) in [6.07, 6.45) is 3.70. The molecule has 3 atom stereocenters. The van der Waals surface area contributed by atoms with Crippen LogP contribution < -0.4 is 0 Å². The number of benzene rings is 2. The zero-order valence-corrected chi connectivity index (χ0v) is 14.3. The van der Waals surface area contributed by atoms with E-state index in [1.54, 1.807) is 7.11 Å². The number of hydrogen-bond acceptors (Lipinski definition) is 3. The van der Waals surface area contributed by atoms with E-state index >= 15 is 0 Å². The molecule has 0 N–H and O–H groups in total. The van der Waals surface area contributed by atoms with Crippen LogP contribution in [0.2, 0.25) is 0 Å². The minimum atomic E-state index is -0.162. The minimum Gasteiger partial charge on any atom is -0.382 e. The van der Waals surface area contributed by atoms with Crippen molar-refractivity contribution in [1.29, 1.82) is 0 Å². The number of methoxy groups -OCH3 is 1. The van der Waals surface area contributed by atoms with Crippen LogP contribution in [0.25, 0.3) is 0 Å². The Morgan fingerprint density at radius 3 is 2.40 bits per heavy atom. The first-order valence-electron chi connectivity index (χ1n) is 8.40. The molecule has 0 radical (unpaired) electrons. The Morgan fingerprint density at radius 2 is 1.68 bits per heavy atom. The molecule has 25 heavy (non-hydrogen) atoms. The standard InChI is InChI=1S/C22H22O3/c1-23-17-22-21(24-16-8-11-18-9-4-2-5-10-18)15-14-20(25-22)19-12-6-3-7-13-19/h2-7,9-10,12-15,20-22H,16-17H2,1H3/t20-,21-,22+/m0/s1. The Kier molecular flexibility index (Phi) is 6.42. The molecule has 0 amide bonds. The zero-order chi connectivity index (χ0) is 17.3. The van der Waals surface area contributed by atoms with Crippen LogP contribution in [0.5, 0.6) is 0 Å². The molecule has 0 bridgehead atoms. The molecule has 0 aliphatic carbocycles. The topological polar surface area (TPSA) is 27.7 Å². The molecule has 2 aromatic carbocycles. The maximum absolute atomic E-state index is 6.16. The molecule has 0 saturated carbocycles. The molecular weight excluding hydrogens is 312 g/mol. The Morgan fingerprint density at radius 1 is 0.960 bits per heavy atom. The molecule has 1 aliphatic heterocycles. The van der Waals surface area contributed by atoms with Gasteiger partial charge >= 0.3 is 0 Å². The predicted molar refractivity (Wildman–Crippen MR) is 98.1 cm³/mol. The van der Waals surface area contributed by atoms with Crippen molar-refractivity contribution in [3.8, 4) is 11.8 Å². The predicted octanol–water partition coefficient (Wildman–Crippen LogP) is 3.77. The van der Waals surface area contributed by atoms with Crippen LogP contribution in [0.3, 0.4) is 0 Å². The van der Waals surface area contributed by atoms with Crippen LogP contribution in [-0.2, 0) is 14.2 Å². The SMILES string of the molecule is COC[C@H]1O[C@H](c2ccccc2)C=C[C@@H]1OCC#Cc1ccccc1.